The minimum Gasteiger partial charge on any atom is -0.457 e. The molecule has 0 amide bonds. The lowest BCUT2D eigenvalue weighted by molar-refractivity contribution is -0.220. The Labute approximate surface area is 321 Å². The number of carbonyl (C=O) groups excluding carboxylic acids is 1. The topological polar surface area (TPSA) is 192 Å². The first-order valence-corrected chi connectivity index (χ1v) is 22.9. The Kier molecular flexibility index (Phi) is 30.8. The Balaban J connectivity index is 2.42. The van der Waals surface area contributed by atoms with Crippen LogP contribution >= 0.6 is 7.82 Å². The molecule has 0 bridgehead atoms. The lowest BCUT2D eigenvalue weighted by Gasteiger charge is -2.41. The van der Waals surface area contributed by atoms with Crippen LogP contribution in [0.3, 0.4) is 0 Å². The van der Waals surface area contributed by atoms with E-state index in [9.17, 15) is 39.8 Å². The first-order valence-electron chi connectivity index (χ1n) is 21.4. The summed E-state index contributed by atoms with van der Waals surface area (Å²) in [6.45, 7) is 4.26. The minimum atomic E-state index is -5.00. The van der Waals surface area contributed by atoms with E-state index < -0.39 is 63.1 Å². The number of aliphatic hydroxyl groups is 5. The van der Waals surface area contributed by atoms with Crippen molar-refractivity contribution in [1.29, 1.82) is 0 Å². The van der Waals surface area contributed by atoms with Crippen LogP contribution in [0.4, 0.5) is 0 Å². The zero-order valence-electron chi connectivity index (χ0n) is 33.3. The van der Waals surface area contributed by atoms with Gasteiger partial charge in [0.1, 0.15) is 42.7 Å². The molecule has 1 saturated carbocycles. The van der Waals surface area contributed by atoms with E-state index >= 15 is 0 Å². The number of rotatable bonds is 36. The molecule has 13 heteroatoms. The predicted octanol–water partition coefficient (Wildman–Crippen LogP) is 7.81. The van der Waals surface area contributed by atoms with E-state index in [4.69, 9.17) is 18.5 Å². The van der Waals surface area contributed by atoms with Crippen molar-refractivity contribution in [2.75, 3.05) is 19.8 Å². The summed E-state index contributed by atoms with van der Waals surface area (Å²) in [5.41, 5.74) is 0. The molecule has 1 aliphatic carbocycles. The molecule has 0 spiro atoms. The van der Waals surface area contributed by atoms with Gasteiger partial charge in [-0.1, -0.05) is 168 Å². The second-order valence-electron chi connectivity index (χ2n) is 15.2. The molecule has 8 atom stereocenters. The summed E-state index contributed by atoms with van der Waals surface area (Å²) >= 11 is 0. The number of unbranched alkanes of at least 4 members (excludes halogenated alkanes) is 24. The average Bonchev–Trinajstić information content (AvgIpc) is 3.14. The number of hydrogen-bond donors (Lipinski definition) is 6. The average molecular weight is 783 g/mol. The van der Waals surface area contributed by atoms with Gasteiger partial charge >= 0.3 is 13.8 Å². The molecule has 1 rings (SSSR count). The number of phosphoric acid groups is 1. The molecule has 0 aliphatic heterocycles. The third-order valence-electron chi connectivity index (χ3n) is 10.2. The van der Waals surface area contributed by atoms with Crippen molar-refractivity contribution in [2.24, 2.45) is 0 Å². The van der Waals surface area contributed by atoms with Gasteiger partial charge in [0.2, 0.25) is 0 Å². The van der Waals surface area contributed by atoms with Crippen molar-refractivity contribution in [3.8, 4) is 0 Å². The molecule has 0 aromatic rings. The highest BCUT2D eigenvalue weighted by molar-refractivity contribution is 7.47. The number of aliphatic hydroxyl groups excluding tert-OH is 5. The Bertz CT molecular complexity index is 895. The number of carbonyl (C=O) groups is 1. The van der Waals surface area contributed by atoms with Gasteiger partial charge in [-0.2, -0.15) is 0 Å². The van der Waals surface area contributed by atoms with E-state index in [1.165, 1.54) is 122 Å². The van der Waals surface area contributed by atoms with E-state index in [-0.39, 0.29) is 13.0 Å². The van der Waals surface area contributed by atoms with E-state index in [0.29, 0.717) is 13.0 Å². The fourth-order valence-electron chi connectivity index (χ4n) is 6.77. The number of hydrogen-bond acceptors (Lipinski definition) is 11. The maximum Gasteiger partial charge on any atom is 0.472 e. The predicted molar refractivity (Wildman–Crippen MR) is 207 cm³/mol. The molecule has 1 aliphatic rings. The standard InChI is InChI=1S/C40H79O12P/c1-3-5-7-9-11-13-15-17-18-20-22-24-26-28-30-49-31-33(51-34(41)29-27-25-23-21-19-16-14-12-10-8-6-4-2)32-50-53(47,48)52-40-38(45)36(43)35(42)37(44)39(40)46/h33,35-40,42-46H,3-32H2,1-2H3,(H,47,48)/t33-,35?,36-,37?,38?,39?,40?/m1/s1. The number of ether oxygens (including phenoxy) is 2. The van der Waals surface area contributed by atoms with Crippen LogP contribution in [0.5, 0.6) is 0 Å². The Morgan fingerprint density at radius 2 is 0.887 bits per heavy atom. The van der Waals surface area contributed by atoms with Gasteiger partial charge in [-0.15, -0.1) is 0 Å². The zero-order valence-corrected chi connectivity index (χ0v) is 34.2. The monoisotopic (exact) mass is 783 g/mol. The van der Waals surface area contributed by atoms with Gasteiger partial charge in [-0.25, -0.2) is 4.57 Å². The smallest absolute Gasteiger partial charge is 0.457 e. The van der Waals surface area contributed by atoms with Crippen molar-refractivity contribution in [1.82, 2.24) is 0 Å². The van der Waals surface area contributed by atoms with Gasteiger partial charge in [0, 0.05) is 13.0 Å². The van der Waals surface area contributed by atoms with Crippen molar-refractivity contribution < 1.29 is 58.3 Å². The van der Waals surface area contributed by atoms with Crippen LogP contribution in [0.1, 0.15) is 187 Å². The first-order chi connectivity index (χ1) is 25.5. The van der Waals surface area contributed by atoms with E-state index in [0.717, 1.165) is 38.5 Å². The number of esters is 1. The molecule has 6 N–H and O–H groups in total. The minimum absolute atomic E-state index is 0.0685. The van der Waals surface area contributed by atoms with Crippen LogP contribution in [-0.2, 0) is 27.9 Å². The van der Waals surface area contributed by atoms with Crippen molar-refractivity contribution in [3.63, 3.8) is 0 Å². The molecule has 53 heavy (non-hydrogen) atoms. The lowest BCUT2D eigenvalue weighted by atomic mass is 9.85. The highest BCUT2D eigenvalue weighted by Crippen LogP contribution is 2.47. The molecule has 316 valence electrons. The van der Waals surface area contributed by atoms with E-state index in [1.54, 1.807) is 0 Å². The van der Waals surface area contributed by atoms with Crippen LogP contribution in [0.2, 0.25) is 0 Å². The molecule has 1 fully saturated rings. The summed E-state index contributed by atoms with van der Waals surface area (Å²) in [5.74, 6) is -0.474. The fourth-order valence-corrected chi connectivity index (χ4v) is 7.74. The van der Waals surface area contributed by atoms with Gasteiger partial charge < -0.3 is 39.9 Å². The Morgan fingerprint density at radius 3 is 1.30 bits per heavy atom. The summed E-state index contributed by atoms with van der Waals surface area (Å²) in [6.07, 6.45) is 18.9. The van der Waals surface area contributed by atoms with Gasteiger partial charge in [-0.05, 0) is 12.8 Å². The summed E-state index contributed by atoms with van der Waals surface area (Å²) in [6, 6.07) is 0. The highest BCUT2D eigenvalue weighted by atomic mass is 31.2. The van der Waals surface area contributed by atoms with Crippen LogP contribution in [0, 0.1) is 0 Å². The zero-order chi connectivity index (χ0) is 39.2. The van der Waals surface area contributed by atoms with Crippen LogP contribution in [-0.4, -0.2) is 98.9 Å². The van der Waals surface area contributed by atoms with Crippen molar-refractivity contribution in [3.05, 3.63) is 0 Å². The largest absolute Gasteiger partial charge is 0.472 e. The lowest BCUT2D eigenvalue weighted by Crippen LogP contribution is -2.64. The van der Waals surface area contributed by atoms with Gasteiger partial charge in [0.25, 0.3) is 0 Å². The summed E-state index contributed by atoms with van der Waals surface area (Å²) < 4.78 is 34.1. The molecule has 0 aromatic carbocycles. The first kappa shape index (κ1) is 50.4. The SMILES string of the molecule is CCCCCCCCCCCCCCCCOC[C@H](COP(=O)(O)OC1C(O)C(O)C(O)[C@@H](O)C1O)OC(=O)CCCCCCCCCCCCCC. The third-order valence-corrected chi connectivity index (χ3v) is 11.2. The van der Waals surface area contributed by atoms with Crippen LogP contribution < -0.4 is 0 Å². The van der Waals surface area contributed by atoms with Crippen LogP contribution in [0.25, 0.3) is 0 Å². The van der Waals surface area contributed by atoms with E-state index in [1.807, 2.05) is 0 Å². The van der Waals surface area contributed by atoms with Crippen LogP contribution in [0.15, 0.2) is 0 Å². The number of phosphoric ester groups is 1. The van der Waals surface area contributed by atoms with E-state index in [2.05, 4.69) is 13.8 Å². The maximum atomic E-state index is 12.8. The fraction of sp³-hybridized carbons (Fsp3) is 0.975. The molecule has 12 nitrogen and oxygen atoms in total. The van der Waals surface area contributed by atoms with Gasteiger partial charge in [0.15, 0.2) is 0 Å². The maximum absolute atomic E-state index is 12.8. The molecular formula is C40H79O12P. The normalized spacial score (nSPS) is 23.5. The molecule has 0 heterocycles. The Hall–Kier alpha value is -0.660. The summed E-state index contributed by atoms with van der Waals surface area (Å²) in [5, 5.41) is 50.0. The van der Waals surface area contributed by atoms with Gasteiger partial charge in [0.05, 0.1) is 13.2 Å². The van der Waals surface area contributed by atoms with Crippen molar-refractivity contribution in [2.45, 2.75) is 230 Å². The Morgan fingerprint density at radius 1 is 0.528 bits per heavy atom. The molecule has 6 unspecified atom stereocenters. The highest BCUT2D eigenvalue weighted by Gasteiger charge is 2.51. The molecule has 0 aromatic heterocycles. The molecule has 0 radical (unpaired) electrons. The van der Waals surface area contributed by atoms with Crippen molar-refractivity contribution >= 4 is 13.8 Å². The quantitative estimate of drug-likeness (QED) is 0.0206. The third kappa shape index (κ3) is 25.3. The van der Waals surface area contributed by atoms with Gasteiger partial charge in [-0.3, -0.25) is 13.8 Å². The molecular weight excluding hydrogens is 703 g/mol. The second-order valence-corrected chi connectivity index (χ2v) is 16.6. The molecule has 0 saturated heterocycles. The summed E-state index contributed by atoms with van der Waals surface area (Å²) in [7, 11) is -5.00. The summed E-state index contributed by atoms with van der Waals surface area (Å²) in [4.78, 5) is 23.0. The second kappa shape index (κ2) is 32.4.